The van der Waals surface area contributed by atoms with Crippen LogP contribution in [-0.4, -0.2) is 10.1 Å². The molecule has 0 bridgehead atoms. The highest BCUT2D eigenvalue weighted by Crippen LogP contribution is 2.19. The fourth-order valence-electron chi connectivity index (χ4n) is 2.23. The zero-order valence-electron chi connectivity index (χ0n) is 11.9. The summed E-state index contributed by atoms with van der Waals surface area (Å²) in [6.07, 6.45) is 0.673. The van der Waals surface area contributed by atoms with Gasteiger partial charge in [0.15, 0.2) is 5.82 Å². The fraction of sp³-hybridized carbons (Fsp3) is 0.176. The van der Waals surface area contributed by atoms with E-state index in [1.165, 1.54) is 11.1 Å². The van der Waals surface area contributed by atoms with Gasteiger partial charge in [0.05, 0.1) is 0 Å². The molecule has 3 rings (SSSR count). The van der Waals surface area contributed by atoms with Crippen LogP contribution in [0.4, 0.5) is 0 Å². The van der Waals surface area contributed by atoms with E-state index in [0.29, 0.717) is 24.7 Å². The van der Waals surface area contributed by atoms with Gasteiger partial charge in [-0.3, -0.25) is 0 Å². The van der Waals surface area contributed by atoms with Crippen LogP contribution >= 0.6 is 0 Å². The first-order chi connectivity index (χ1) is 10.2. The minimum atomic E-state index is 0.530. The van der Waals surface area contributed by atoms with Crippen molar-refractivity contribution in [3.63, 3.8) is 0 Å². The maximum Gasteiger partial charge on any atom is 0.257 e. The molecule has 4 heteroatoms. The van der Waals surface area contributed by atoms with E-state index in [-0.39, 0.29) is 0 Å². The normalized spacial score (nSPS) is 10.8. The van der Waals surface area contributed by atoms with E-state index in [2.05, 4.69) is 35.3 Å². The molecule has 0 aliphatic heterocycles. The minimum Gasteiger partial charge on any atom is -0.334 e. The van der Waals surface area contributed by atoms with Gasteiger partial charge < -0.3 is 10.3 Å². The summed E-state index contributed by atoms with van der Waals surface area (Å²) < 4.78 is 5.33. The molecule has 0 radical (unpaired) electrons. The van der Waals surface area contributed by atoms with Gasteiger partial charge in [0, 0.05) is 18.5 Å². The molecule has 0 aliphatic carbocycles. The second-order valence-corrected chi connectivity index (χ2v) is 5.08. The maximum atomic E-state index is 5.59. The Bertz CT molecular complexity index is 732. The summed E-state index contributed by atoms with van der Waals surface area (Å²) in [6.45, 7) is 2.60. The van der Waals surface area contributed by atoms with E-state index in [0.717, 1.165) is 11.1 Å². The third-order valence-electron chi connectivity index (χ3n) is 3.35. The lowest BCUT2D eigenvalue weighted by atomic mass is 10.1. The third kappa shape index (κ3) is 3.17. The first-order valence-corrected chi connectivity index (χ1v) is 6.92. The van der Waals surface area contributed by atoms with E-state index in [1.807, 2.05) is 30.3 Å². The molecular weight excluding hydrogens is 262 g/mol. The van der Waals surface area contributed by atoms with Crippen LogP contribution in [0.3, 0.4) is 0 Å². The summed E-state index contributed by atoms with van der Waals surface area (Å²) in [7, 11) is 0. The summed E-state index contributed by atoms with van der Waals surface area (Å²) in [5.41, 5.74) is 9.99. The average molecular weight is 279 g/mol. The van der Waals surface area contributed by atoms with Crippen molar-refractivity contribution in [3.8, 4) is 11.5 Å². The van der Waals surface area contributed by atoms with Gasteiger partial charge in [-0.1, -0.05) is 47.1 Å². The molecule has 0 atom stereocenters. The van der Waals surface area contributed by atoms with Gasteiger partial charge in [-0.15, -0.1) is 0 Å². The number of nitrogens with two attached hydrogens (primary N) is 1. The van der Waals surface area contributed by atoms with E-state index in [4.69, 9.17) is 10.3 Å². The van der Waals surface area contributed by atoms with Gasteiger partial charge in [0.2, 0.25) is 0 Å². The van der Waals surface area contributed by atoms with E-state index in [1.54, 1.807) is 0 Å². The topological polar surface area (TPSA) is 64.9 Å². The molecule has 0 saturated heterocycles. The number of hydrogen-bond acceptors (Lipinski definition) is 4. The molecule has 0 spiro atoms. The van der Waals surface area contributed by atoms with Crippen LogP contribution in [0, 0.1) is 6.92 Å². The van der Waals surface area contributed by atoms with Crippen molar-refractivity contribution < 1.29 is 4.52 Å². The number of rotatable bonds is 4. The number of aryl methyl sites for hydroxylation is 1. The maximum absolute atomic E-state index is 5.59. The Hall–Kier alpha value is -2.46. The fourth-order valence-corrected chi connectivity index (χ4v) is 2.23. The molecule has 0 unspecified atom stereocenters. The van der Waals surface area contributed by atoms with Crippen LogP contribution in [0.25, 0.3) is 11.5 Å². The van der Waals surface area contributed by atoms with Gasteiger partial charge in [-0.05, 0) is 30.2 Å². The molecule has 4 nitrogen and oxygen atoms in total. The monoisotopic (exact) mass is 279 g/mol. The average Bonchev–Trinajstić information content (AvgIpc) is 2.96. The predicted molar refractivity (Wildman–Crippen MR) is 81.6 cm³/mol. The molecule has 1 heterocycles. The summed E-state index contributed by atoms with van der Waals surface area (Å²) in [5, 5.41) is 4.05. The standard InChI is InChI=1S/C17H17N3O/c1-12-3-2-4-14(9-12)10-16-19-17(21-20-16)15-7-5-13(11-18)6-8-15/h2-9H,10-11,18H2,1H3. The number of benzene rings is 2. The molecular formula is C17H17N3O. The zero-order valence-corrected chi connectivity index (χ0v) is 11.9. The van der Waals surface area contributed by atoms with Crippen molar-refractivity contribution in [1.82, 2.24) is 10.1 Å². The molecule has 21 heavy (non-hydrogen) atoms. The van der Waals surface area contributed by atoms with Gasteiger partial charge in [-0.2, -0.15) is 4.98 Å². The second kappa shape index (κ2) is 5.89. The van der Waals surface area contributed by atoms with Crippen LogP contribution in [0.1, 0.15) is 22.5 Å². The first-order valence-electron chi connectivity index (χ1n) is 6.92. The second-order valence-electron chi connectivity index (χ2n) is 5.08. The summed E-state index contributed by atoms with van der Waals surface area (Å²) >= 11 is 0. The Kier molecular flexibility index (Phi) is 3.79. The van der Waals surface area contributed by atoms with Gasteiger partial charge in [0.1, 0.15) is 0 Å². The molecule has 0 saturated carbocycles. The Labute approximate surface area is 123 Å². The lowest BCUT2D eigenvalue weighted by Gasteiger charge is -1.98. The van der Waals surface area contributed by atoms with E-state index >= 15 is 0 Å². The largest absolute Gasteiger partial charge is 0.334 e. The van der Waals surface area contributed by atoms with Gasteiger partial charge in [0.25, 0.3) is 5.89 Å². The Balaban J connectivity index is 1.79. The van der Waals surface area contributed by atoms with Crippen molar-refractivity contribution in [2.45, 2.75) is 19.9 Å². The number of nitrogens with zero attached hydrogens (tertiary/aromatic N) is 2. The SMILES string of the molecule is Cc1cccc(Cc2noc(-c3ccc(CN)cc3)n2)c1. The number of aromatic nitrogens is 2. The lowest BCUT2D eigenvalue weighted by Crippen LogP contribution is -1.95. The smallest absolute Gasteiger partial charge is 0.257 e. The van der Waals surface area contributed by atoms with Crippen molar-refractivity contribution in [2.24, 2.45) is 5.73 Å². The molecule has 0 fully saturated rings. The van der Waals surface area contributed by atoms with Crippen molar-refractivity contribution >= 4 is 0 Å². The van der Waals surface area contributed by atoms with Crippen LogP contribution in [-0.2, 0) is 13.0 Å². The van der Waals surface area contributed by atoms with E-state index in [9.17, 15) is 0 Å². The molecule has 2 N–H and O–H groups in total. The summed E-state index contributed by atoms with van der Waals surface area (Å²) in [5.74, 6) is 1.24. The molecule has 0 aliphatic rings. The Morgan fingerprint density at radius 3 is 2.57 bits per heavy atom. The first kappa shape index (κ1) is 13.5. The van der Waals surface area contributed by atoms with Gasteiger partial charge >= 0.3 is 0 Å². The lowest BCUT2D eigenvalue weighted by molar-refractivity contribution is 0.424. The quantitative estimate of drug-likeness (QED) is 0.797. The highest BCUT2D eigenvalue weighted by molar-refractivity contribution is 5.53. The van der Waals surface area contributed by atoms with Crippen molar-refractivity contribution in [2.75, 3.05) is 0 Å². The Morgan fingerprint density at radius 2 is 1.86 bits per heavy atom. The van der Waals surface area contributed by atoms with Crippen LogP contribution in [0.5, 0.6) is 0 Å². The summed E-state index contributed by atoms with van der Waals surface area (Å²) in [6, 6.07) is 16.2. The molecule has 106 valence electrons. The highest BCUT2D eigenvalue weighted by Gasteiger charge is 2.09. The molecule has 3 aromatic rings. The third-order valence-corrected chi connectivity index (χ3v) is 3.35. The van der Waals surface area contributed by atoms with Crippen molar-refractivity contribution in [1.29, 1.82) is 0 Å². The Morgan fingerprint density at radius 1 is 1.05 bits per heavy atom. The zero-order chi connectivity index (χ0) is 14.7. The van der Waals surface area contributed by atoms with Crippen LogP contribution in [0.2, 0.25) is 0 Å². The number of hydrogen-bond donors (Lipinski definition) is 1. The molecule has 1 aromatic heterocycles. The van der Waals surface area contributed by atoms with E-state index < -0.39 is 0 Å². The summed E-state index contributed by atoms with van der Waals surface area (Å²) in [4.78, 5) is 4.45. The molecule has 0 amide bonds. The molecule has 2 aromatic carbocycles. The predicted octanol–water partition coefficient (Wildman–Crippen LogP) is 3.09. The van der Waals surface area contributed by atoms with Gasteiger partial charge in [-0.25, -0.2) is 0 Å². The van der Waals surface area contributed by atoms with Crippen molar-refractivity contribution in [3.05, 3.63) is 71.0 Å². The minimum absolute atomic E-state index is 0.530. The van der Waals surface area contributed by atoms with Crippen LogP contribution < -0.4 is 5.73 Å². The van der Waals surface area contributed by atoms with Crippen LogP contribution in [0.15, 0.2) is 53.1 Å². The highest BCUT2D eigenvalue weighted by atomic mass is 16.5.